The standard InChI is InChI=1S/C29H34F2O/c1-3-5-15-32-29-27(30)18-26(19-28(29)31)22-11-9-21(10-12-22)24-14-13-23-16-20(6-4-2)7-8-25(23)17-24/h3-6,9-12,18-20,23-25H,7-8,13-17H2,1-2H3/b5-3+,6-4+. The van der Waals surface area contributed by atoms with Crippen molar-refractivity contribution in [3.63, 3.8) is 0 Å². The minimum Gasteiger partial charge on any atom is -0.483 e. The minimum absolute atomic E-state index is 0.150. The number of rotatable bonds is 6. The Balaban J connectivity index is 1.43. The first-order valence-corrected chi connectivity index (χ1v) is 12.0. The zero-order chi connectivity index (χ0) is 22.5. The molecule has 0 N–H and O–H groups in total. The lowest BCUT2D eigenvalue weighted by molar-refractivity contribution is 0.133. The Morgan fingerprint density at radius 2 is 1.53 bits per heavy atom. The summed E-state index contributed by atoms with van der Waals surface area (Å²) in [6.07, 6.45) is 16.0. The fourth-order valence-electron chi connectivity index (χ4n) is 5.71. The molecule has 3 heteroatoms. The van der Waals surface area contributed by atoms with E-state index >= 15 is 0 Å². The fourth-order valence-corrected chi connectivity index (χ4v) is 5.71. The van der Waals surface area contributed by atoms with Crippen molar-refractivity contribution in [3.05, 3.63) is 77.9 Å². The SMILES string of the molecule is C/C=C/COc1c(F)cc(-c2ccc(C3CCC4CC(/C=C/C)CCC4C3)cc2)cc1F. The van der Waals surface area contributed by atoms with Crippen molar-refractivity contribution < 1.29 is 13.5 Å². The van der Waals surface area contributed by atoms with Gasteiger partial charge in [-0.25, -0.2) is 8.78 Å². The summed E-state index contributed by atoms with van der Waals surface area (Å²) in [7, 11) is 0. The highest BCUT2D eigenvalue weighted by Gasteiger charge is 2.35. The van der Waals surface area contributed by atoms with Crippen LogP contribution in [0, 0.1) is 29.4 Å². The Labute approximate surface area is 191 Å². The summed E-state index contributed by atoms with van der Waals surface area (Å²) in [6.45, 7) is 4.12. The van der Waals surface area contributed by atoms with Crippen molar-refractivity contribution >= 4 is 0 Å². The lowest BCUT2D eigenvalue weighted by Crippen LogP contribution is -2.30. The second-order valence-corrected chi connectivity index (χ2v) is 9.40. The number of ether oxygens (including phenoxy) is 1. The highest BCUT2D eigenvalue weighted by atomic mass is 19.1. The maximum absolute atomic E-state index is 14.4. The predicted molar refractivity (Wildman–Crippen MR) is 128 cm³/mol. The van der Waals surface area contributed by atoms with Crippen LogP contribution in [0.15, 0.2) is 60.7 Å². The lowest BCUT2D eigenvalue weighted by Gasteiger charge is -2.41. The molecule has 2 aliphatic carbocycles. The number of allylic oxidation sites excluding steroid dienone is 3. The van der Waals surface area contributed by atoms with Gasteiger partial charge < -0.3 is 4.74 Å². The second-order valence-electron chi connectivity index (χ2n) is 9.40. The van der Waals surface area contributed by atoms with Gasteiger partial charge in [0.05, 0.1) is 0 Å². The number of halogens is 2. The third kappa shape index (κ3) is 5.14. The van der Waals surface area contributed by atoms with Crippen molar-refractivity contribution in [2.75, 3.05) is 6.61 Å². The maximum Gasteiger partial charge on any atom is 0.191 e. The van der Waals surface area contributed by atoms with Gasteiger partial charge in [0.15, 0.2) is 17.4 Å². The average Bonchev–Trinajstić information content (AvgIpc) is 2.81. The van der Waals surface area contributed by atoms with Gasteiger partial charge in [-0.2, -0.15) is 0 Å². The first-order chi connectivity index (χ1) is 15.6. The molecule has 2 saturated carbocycles. The van der Waals surface area contributed by atoms with E-state index in [-0.39, 0.29) is 12.4 Å². The first kappa shape index (κ1) is 22.8. The van der Waals surface area contributed by atoms with E-state index in [9.17, 15) is 8.78 Å². The summed E-state index contributed by atoms with van der Waals surface area (Å²) < 4.78 is 34.1. The van der Waals surface area contributed by atoms with E-state index in [1.807, 2.05) is 19.1 Å². The Kier molecular flexibility index (Phi) is 7.44. The van der Waals surface area contributed by atoms with Crippen LogP contribution in [0.3, 0.4) is 0 Å². The molecule has 4 rings (SSSR count). The molecule has 0 saturated heterocycles. The summed E-state index contributed by atoms with van der Waals surface area (Å²) in [4.78, 5) is 0. The lowest BCUT2D eigenvalue weighted by atomic mass is 9.64. The summed E-state index contributed by atoms with van der Waals surface area (Å²) in [5, 5.41) is 0. The Morgan fingerprint density at radius 1 is 0.844 bits per heavy atom. The summed E-state index contributed by atoms with van der Waals surface area (Å²) >= 11 is 0. The Bertz CT molecular complexity index is 937. The zero-order valence-corrected chi connectivity index (χ0v) is 19.2. The number of fused-ring (bicyclic) bond motifs is 1. The molecule has 0 radical (unpaired) electrons. The first-order valence-electron chi connectivity index (χ1n) is 12.0. The molecule has 4 unspecified atom stereocenters. The molecule has 2 aromatic rings. The molecule has 0 bridgehead atoms. The molecule has 0 amide bonds. The molecule has 0 aromatic heterocycles. The third-order valence-electron chi connectivity index (χ3n) is 7.39. The molecular weight excluding hydrogens is 402 g/mol. The highest BCUT2D eigenvalue weighted by molar-refractivity contribution is 5.65. The van der Waals surface area contributed by atoms with E-state index in [2.05, 4.69) is 31.2 Å². The predicted octanol–water partition coefficient (Wildman–Crippen LogP) is 8.46. The van der Waals surface area contributed by atoms with E-state index in [1.54, 1.807) is 12.2 Å². The molecule has 2 aromatic carbocycles. The molecule has 170 valence electrons. The van der Waals surface area contributed by atoms with Crippen LogP contribution in [0.1, 0.15) is 63.9 Å². The van der Waals surface area contributed by atoms with Crippen LogP contribution in [0.5, 0.6) is 5.75 Å². The number of hydrogen-bond acceptors (Lipinski definition) is 1. The van der Waals surface area contributed by atoms with Gasteiger partial charge in [0.1, 0.15) is 6.61 Å². The molecule has 0 spiro atoms. The van der Waals surface area contributed by atoms with Crippen LogP contribution in [-0.2, 0) is 0 Å². The molecule has 2 aliphatic rings. The quantitative estimate of drug-likeness (QED) is 0.413. The van der Waals surface area contributed by atoms with Crippen molar-refractivity contribution in [2.45, 2.75) is 58.3 Å². The van der Waals surface area contributed by atoms with Gasteiger partial charge in [-0.3, -0.25) is 0 Å². The van der Waals surface area contributed by atoms with Gasteiger partial charge in [0.2, 0.25) is 0 Å². The molecule has 32 heavy (non-hydrogen) atoms. The van der Waals surface area contributed by atoms with Gasteiger partial charge in [-0.1, -0.05) is 48.6 Å². The van der Waals surface area contributed by atoms with Crippen LogP contribution >= 0.6 is 0 Å². The third-order valence-corrected chi connectivity index (χ3v) is 7.39. The Hall–Kier alpha value is -2.42. The van der Waals surface area contributed by atoms with Crippen LogP contribution in [0.2, 0.25) is 0 Å². The van der Waals surface area contributed by atoms with E-state index < -0.39 is 11.6 Å². The maximum atomic E-state index is 14.4. The van der Waals surface area contributed by atoms with E-state index in [1.165, 1.54) is 56.2 Å². The molecule has 2 fully saturated rings. The van der Waals surface area contributed by atoms with Gasteiger partial charge in [-0.05, 0) is 105 Å². The van der Waals surface area contributed by atoms with Crippen molar-refractivity contribution in [1.82, 2.24) is 0 Å². The van der Waals surface area contributed by atoms with E-state index in [0.717, 1.165) is 23.3 Å². The molecule has 0 heterocycles. The van der Waals surface area contributed by atoms with Gasteiger partial charge >= 0.3 is 0 Å². The topological polar surface area (TPSA) is 9.23 Å². The number of hydrogen-bond donors (Lipinski definition) is 0. The van der Waals surface area contributed by atoms with Crippen LogP contribution in [0.25, 0.3) is 11.1 Å². The normalized spacial score (nSPS) is 25.9. The van der Waals surface area contributed by atoms with E-state index in [0.29, 0.717) is 11.5 Å². The second kappa shape index (κ2) is 10.5. The van der Waals surface area contributed by atoms with Crippen molar-refractivity contribution in [3.8, 4) is 16.9 Å². The molecule has 4 atom stereocenters. The smallest absolute Gasteiger partial charge is 0.191 e. The van der Waals surface area contributed by atoms with Gasteiger partial charge in [0, 0.05) is 0 Å². The van der Waals surface area contributed by atoms with E-state index in [4.69, 9.17) is 4.74 Å². The molecule has 1 nitrogen and oxygen atoms in total. The highest BCUT2D eigenvalue weighted by Crippen LogP contribution is 2.48. The van der Waals surface area contributed by atoms with Crippen LogP contribution in [0.4, 0.5) is 8.78 Å². The average molecular weight is 437 g/mol. The van der Waals surface area contributed by atoms with Crippen molar-refractivity contribution in [1.29, 1.82) is 0 Å². The van der Waals surface area contributed by atoms with Gasteiger partial charge in [0.25, 0.3) is 0 Å². The molecular formula is C29H34F2O. The zero-order valence-electron chi connectivity index (χ0n) is 19.2. The van der Waals surface area contributed by atoms with Gasteiger partial charge in [-0.15, -0.1) is 0 Å². The molecule has 0 aliphatic heterocycles. The summed E-state index contributed by atoms with van der Waals surface area (Å²) in [5.74, 6) is 1.44. The Morgan fingerprint density at radius 3 is 2.22 bits per heavy atom. The van der Waals surface area contributed by atoms with Crippen LogP contribution < -0.4 is 4.74 Å². The largest absolute Gasteiger partial charge is 0.483 e. The summed E-state index contributed by atoms with van der Waals surface area (Å²) in [5.41, 5.74) is 2.72. The number of benzene rings is 2. The van der Waals surface area contributed by atoms with Crippen molar-refractivity contribution in [2.24, 2.45) is 17.8 Å². The van der Waals surface area contributed by atoms with Crippen LogP contribution in [-0.4, -0.2) is 6.61 Å². The summed E-state index contributed by atoms with van der Waals surface area (Å²) in [6, 6.07) is 11.0. The monoisotopic (exact) mass is 436 g/mol. The minimum atomic E-state index is -0.666. The fraction of sp³-hybridized carbons (Fsp3) is 0.448.